The van der Waals surface area contributed by atoms with E-state index in [1.165, 1.54) is 16.5 Å². The molecule has 6 rings (SSSR count). The highest BCUT2D eigenvalue weighted by atomic mass is 19.1. The number of urea groups is 1. The van der Waals surface area contributed by atoms with Crippen molar-refractivity contribution in [3.05, 3.63) is 114 Å². The SMILES string of the molecule is COc1cccc(N2C(=O)N(Cc3ccccc3F)C3(CCN(Cc4ccc(-n5cccc5)cc4)CC3)C2=O)c1. The molecule has 0 saturated carbocycles. The molecule has 3 aromatic carbocycles. The van der Waals surface area contributed by atoms with Crippen LogP contribution in [0, 0.1) is 5.82 Å². The van der Waals surface area contributed by atoms with Gasteiger partial charge in [0.1, 0.15) is 17.1 Å². The van der Waals surface area contributed by atoms with E-state index in [2.05, 4.69) is 33.7 Å². The molecule has 7 nitrogen and oxygen atoms in total. The van der Waals surface area contributed by atoms with Crippen LogP contribution in [0.5, 0.6) is 5.75 Å². The van der Waals surface area contributed by atoms with Gasteiger partial charge in [-0.15, -0.1) is 0 Å². The van der Waals surface area contributed by atoms with E-state index in [4.69, 9.17) is 4.74 Å². The van der Waals surface area contributed by atoms with E-state index < -0.39 is 17.4 Å². The first-order valence-electron chi connectivity index (χ1n) is 13.5. The van der Waals surface area contributed by atoms with Gasteiger partial charge in [0.25, 0.3) is 5.91 Å². The Labute approximate surface area is 233 Å². The lowest BCUT2D eigenvalue weighted by Crippen LogP contribution is -2.56. The zero-order valence-corrected chi connectivity index (χ0v) is 22.4. The number of likely N-dealkylation sites (tertiary alicyclic amines) is 1. The lowest BCUT2D eigenvalue weighted by molar-refractivity contribution is -0.127. The molecule has 40 heavy (non-hydrogen) atoms. The second-order valence-corrected chi connectivity index (χ2v) is 10.4. The van der Waals surface area contributed by atoms with Crippen LogP contribution in [-0.2, 0) is 17.9 Å². The standard InChI is InChI=1S/C32H31FN4O3/c1-40-28-9-6-8-27(21-28)37-30(38)32(36(31(37)39)23-25-7-2-3-10-29(25)33)15-19-34(20-16-32)22-24-11-13-26(14-12-24)35-17-4-5-18-35/h2-14,17-18,21H,15-16,19-20,22-23H2,1H3. The number of benzene rings is 3. The predicted molar refractivity (Wildman–Crippen MR) is 151 cm³/mol. The minimum atomic E-state index is -1.04. The number of halogens is 1. The molecule has 2 saturated heterocycles. The molecule has 3 heterocycles. The van der Waals surface area contributed by atoms with Crippen LogP contribution in [0.15, 0.2) is 97.3 Å². The van der Waals surface area contributed by atoms with E-state index in [-0.39, 0.29) is 12.5 Å². The van der Waals surface area contributed by atoms with Crippen molar-refractivity contribution in [1.29, 1.82) is 0 Å². The van der Waals surface area contributed by atoms with Gasteiger partial charge in [-0.05, 0) is 60.9 Å². The molecule has 1 spiro atoms. The highest BCUT2D eigenvalue weighted by molar-refractivity contribution is 6.23. The van der Waals surface area contributed by atoms with Crippen LogP contribution < -0.4 is 9.64 Å². The number of anilines is 1. The minimum absolute atomic E-state index is 0.0264. The molecule has 0 bridgehead atoms. The van der Waals surface area contributed by atoms with Crippen LogP contribution in [0.25, 0.3) is 5.69 Å². The largest absolute Gasteiger partial charge is 0.497 e. The second kappa shape index (κ2) is 10.6. The molecular weight excluding hydrogens is 507 g/mol. The van der Waals surface area contributed by atoms with Crippen molar-refractivity contribution in [2.75, 3.05) is 25.1 Å². The van der Waals surface area contributed by atoms with Crippen LogP contribution >= 0.6 is 0 Å². The second-order valence-electron chi connectivity index (χ2n) is 10.4. The first-order valence-corrected chi connectivity index (χ1v) is 13.5. The Morgan fingerprint density at radius 3 is 2.25 bits per heavy atom. The van der Waals surface area contributed by atoms with Crippen LogP contribution in [-0.4, -0.2) is 52.0 Å². The maximum Gasteiger partial charge on any atom is 0.332 e. The van der Waals surface area contributed by atoms with Gasteiger partial charge in [-0.25, -0.2) is 14.1 Å². The average Bonchev–Trinajstić information content (AvgIpc) is 3.59. The van der Waals surface area contributed by atoms with Crippen molar-refractivity contribution in [2.24, 2.45) is 0 Å². The van der Waals surface area contributed by atoms with Crippen molar-refractivity contribution in [1.82, 2.24) is 14.4 Å². The fraction of sp³-hybridized carbons (Fsp3) is 0.250. The number of rotatable bonds is 7. The number of carbonyl (C=O) groups excluding carboxylic acids is 2. The molecule has 2 fully saturated rings. The highest BCUT2D eigenvalue weighted by Gasteiger charge is 2.58. The first kappa shape index (κ1) is 25.8. The van der Waals surface area contributed by atoms with Crippen LogP contribution in [0.4, 0.5) is 14.9 Å². The topological polar surface area (TPSA) is 58.0 Å². The number of carbonyl (C=O) groups is 2. The van der Waals surface area contributed by atoms with Gasteiger partial charge >= 0.3 is 6.03 Å². The summed E-state index contributed by atoms with van der Waals surface area (Å²) in [6.45, 7) is 2.05. The van der Waals surface area contributed by atoms with Crippen molar-refractivity contribution >= 4 is 17.6 Å². The van der Waals surface area contributed by atoms with Crippen molar-refractivity contribution in [3.63, 3.8) is 0 Å². The molecule has 0 N–H and O–H groups in total. The van der Waals surface area contributed by atoms with Crippen molar-refractivity contribution in [2.45, 2.75) is 31.5 Å². The molecular formula is C32H31FN4O3. The van der Waals surface area contributed by atoms with E-state index in [9.17, 15) is 14.0 Å². The Morgan fingerprint density at radius 1 is 0.825 bits per heavy atom. The summed E-state index contributed by atoms with van der Waals surface area (Å²) in [7, 11) is 1.54. The molecule has 3 amide bonds. The Balaban J connectivity index is 1.24. The lowest BCUT2D eigenvalue weighted by atomic mass is 9.85. The monoisotopic (exact) mass is 538 g/mol. The van der Waals surface area contributed by atoms with Crippen molar-refractivity contribution < 1.29 is 18.7 Å². The van der Waals surface area contributed by atoms with Gasteiger partial charge in [0, 0.05) is 49.3 Å². The van der Waals surface area contributed by atoms with E-state index in [1.54, 1.807) is 54.5 Å². The summed E-state index contributed by atoms with van der Waals surface area (Å²) in [6, 6.07) is 25.4. The normalized spacial score (nSPS) is 17.1. The van der Waals surface area contributed by atoms with Gasteiger partial charge in [0.15, 0.2) is 0 Å². The third kappa shape index (κ3) is 4.64. The van der Waals surface area contributed by atoms with E-state index in [1.807, 2.05) is 24.5 Å². The Kier molecular flexibility index (Phi) is 6.86. The van der Waals surface area contributed by atoms with Crippen LogP contribution in [0.2, 0.25) is 0 Å². The van der Waals surface area contributed by atoms with Gasteiger partial charge in [0.2, 0.25) is 0 Å². The molecule has 4 aromatic rings. The molecule has 2 aliphatic rings. The summed E-state index contributed by atoms with van der Waals surface area (Å²) in [5.74, 6) is -0.103. The molecule has 0 atom stereocenters. The summed E-state index contributed by atoms with van der Waals surface area (Å²) in [6.07, 6.45) is 4.96. The fourth-order valence-electron chi connectivity index (χ4n) is 5.81. The molecule has 1 aromatic heterocycles. The van der Waals surface area contributed by atoms with E-state index in [0.29, 0.717) is 42.9 Å². The molecule has 2 aliphatic heterocycles. The third-order valence-electron chi connectivity index (χ3n) is 8.07. The van der Waals surface area contributed by atoms with E-state index in [0.717, 1.165) is 12.2 Å². The fourth-order valence-corrected chi connectivity index (χ4v) is 5.81. The Bertz CT molecular complexity index is 1510. The molecule has 0 unspecified atom stereocenters. The van der Waals surface area contributed by atoms with Crippen LogP contribution in [0.1, 0.15) is 24.0 Å². The van der Waals surface area contributed by atoms with Crippen molar-refractivity contribution in [3.8, 4) is 11.4 Å². The number of methoxy groups -OCH3 is 1. The van der Waals surface area contributed by atoms with E-state index >= 15 is 0 Å². The average molecular weight is 539 g/mol. The van der Waals surface area contributed by atoms with Gasteiger partial charge in [-0.3, -0.25) is 9.69 Å². The zero-order chi connectivity index (χ0) is 27.7. The molecule has 0 radical (unpaired) electrons. The summed E-state index contributed by atoms with van der Waals surface area (Å²) >= 11 is 0. The summed E-state index contributed by atoms with van der Waals surface area (Å²) in [4.78, 5) is 33.1. The predicted octanol–water partition coefficient (Wildman–Crippen LogP) is 5.63. The Hall–Kier alpha value is -4.43. The first-order chi connectivity index (χ1) is 19.5. The summed E-state index contributed by atoms with van der Waals surface area (Å²) in [5, 5.41) is 0. The van der Waals surface area contributed by atoms with Gasteiger partial charge in [-0.2, -0.15) is 0 Å². The number of aromatic nitrogens is 1. The maximum absolute atomic E-state index is 14.7. The Morgan fingerprint density at radius 2 is 1.55 bits per heavy atom. The molecule has 0 aliphatic carbocycles. The van der Waals surface area contributed by atoms with Gasteiger partial charge in [-0.1, -0.05) is 36.4 Å². The number of hydrogen-bond donors (Lipinski definition) is 0. The smallest absolute Gasteiger partial charge is 0.332 e. The van der Waals surface area contributed by atoms with Crippen LogP contribution in [0.3, 0.4) is 0 Å². The number of amides is 3. The summed E-state index contributed by atoms with van der Waals surface area (Å²) in [5.41, 5.74) is 2.08. The maximum atomic E-state index is 14.7. The van der Waals surface area contributed by atoms with Gasteiger partial charge in [0.05, 0.1) is 19.3 Å². The minimum Gasteiger partial charge on any atom is -0.497 e. The molecule has 204 valence electrons. The van der Waals surface area contributed by atoms with Gasteiger partial charge < -0.3 is 14.2 Å². The highest BCUT2D eigenvalue weighted by Crippen LogP contribution is 2.41. The molecule has 8 heteroatoms. The number of imide groups is 1. The lowest BCUT2D eigenvalue weighted by Gasteiger charge is -2.42. The summed E-state index contributed by atoms with van der Waals surface area (Å²) < 4.78 is 22.1. The zero-order valence-electron chi connectivity index (χ0n) is 22.4. The number of piperidine rings is 1. The number of ether oxygens (including phenoxy) is 1. The number of nitrogens with zero attached hydrogens (tertiary/aromatic N) is 4. The number of hydrogen-bond acceptors (Lipinski definition) is 4. The third-order valence-corrected chi connectivity index (χ3v) is 8.07. The quantitative estimate of drug-likeness (QED) is 0.286.